The predicted octanol–water partition coefficient (Wildman–Crippen LogP) is 5.35. The van der Waals surface area contributed by atoms with Crippen molar-refractivity contribution in [3.8, 4) is 0 Å². The quantitative estimate of drug-likeness (QED) is 0.0725. The number of aliphatic hydroxyl groups is 1. The fraction of sp³-hybridized carbons (Fsp3) is 0.365. The number of hydrogen-bond acceptors (Lipinski definition) is 12. The van der Waals surface area contributed by atoms with Crippen molar-refractivity contribution in [2.45, 2.75) is 89.8 Å². The van der Waals surface area contributed by atoms with Crippen LogP contribution in [-0.4, -0.2) is 106 Å². The van der Waals surface area contributed by atoms with Crippen LogP contribution < -0.4 is 31.9 Å². The van der Waals surface area contributed by atoms with E-state index in [0.29, 0.717) is 54.0 Å². The Bertz CT molecular complexity index is 3000. The van der Waals surface area contributed by atoms with Gasteiger partial charge in [-0.2, -0.15) is 5.10 Å². The van der Waals surface area contributed by atoms with Crippen molar-refractivity contribution < 1.29 is 29.1 Å². The number of benzene rings is 2. The SMILES string of the molecule is CC[C@@H](NC(=O)N1C(O)[C@H](Cc2ccnc(N)c2)[C@H]1C(=O)N(C)c1ccn(CCc2cc(Cl)ccc2[C@@H](CC)NC(=O)N2C(=O)[C@H](Cc3ccnc(N)c3)[C@H]2C(=O)N(C)c2nccn2C)n1)c1ccc(C)cc1. The van der Waals surface area contributed by atoms with E-state index in [1.54, 1.807) is 91.6 Å². The molecule has 0 aliphatic carbocycles. The summed E-state index contributed by atoms with van der Waals surface area (Å²) < 4.78 is 3.35. The molecule has 0 radical (unpaired) electrons. The number of aromatic nitrogens is 6. The molecule has 6 heterocycles. The van der Waals surface area contributed by atoms with Gasteiger partial charge in [0.15, 0.2) is 5.82 Å². The molecule has 0 spiro atoms. The lowest BCUT2D eigenvalue weighted by molar-refractivity contribution is -0.164. The highest BCUT2D eigenvalue weighted by Gasteiger charge is 2.57. The van der Waals surface area contributed by atoms with Crippen LogP contribution in [0.25, 0.3) is 0 Å². The van der Waals surface area contributed by atoms with E-state index in [9.17, 15) is 29.1 Å². The van der Waals surface area contributed by atoms with Gasteiger partial charge in [-0.25, -0.2) is 24.5 Å². The van der Waals surface area contributed by atoms with Crippen LogP contribution in [0.15, 0.2) is 104 Å². The Labute approximate surface area is 428 Å². The number of likely N-dealkylation sites (N-methyl/N-ethyl adjacent to an activating group) is 2. The summed E-state index contributed by atoms with van der Waals surface area (Å²) in [4.78, 5) is 88.2. The van der Waals surface area contributed by atoms with Crippen molar-refractivity contribution in [3.05, 3.63) is 142 Å². The second-order valence-corrected chi connectivity index (χ2v) is 19.1. The van der Waals surface area contributed by atoms with E-state index in [1.165, 1.54) is 20.9 Å². The Morgan fingerprint density at radius 3 is 2.05 bits per heavy atom. The zero-order valence-electron chi connectivity index (χ0n) is 41.6. The number of aryl methyl sites for hydroxylation is 4. The number of nitrogens with two attached hydrogens (primary N) is 2. The topological polar surface area (TPSA) is 256 Å². The van der Waals surface area contributed by atoms with E-state index >= 15 is 0 Å². The number of aliphatic hydroxyl groups excluding tert-OH is 1. The third kappa shape index (κ3) is 10.8. The summed E-state index contributed by atoms with van der Waals surface area (Å²) >= 11 is 6.57. The first kappa shape index (κ1) is 51.5. The number of pyridine rings is 2. The summed E-state index contributed by atoms with van der Waals surface area (Å²) in [5, 5.41) is 22.8. The van der Waals surface area contributed by atoms with Crippen LogP contribution >= 0.6 is 11.6 Å². The van der Waals surface area contributed by atoms with Gasteiger partial charge in [0.2, 0.25) is 11.9 Å². The van der Waals surface area contributed by atoms with E-state index in [2.05, 4.69) is 25.6 Å². The Kier molecular flexibility index (Phi) is 15.4. The summed E-state index contributed by atoms with van der Waals surface area (Å²) in [6, 6.07) is 17.3. The van der Waals surface area contributed by atoms with E-state index in [1.807, 2.05) is 57.2 Å². The number of carbonyl (C=O) groups excluding carboxylic acids is 5. The number of hydrogen-bond donors (Lipinski definition) is 5. The molecular formula is C52H61ClN14O6. The van der Waals surface area contributed by atoms with Crippen LogP contribution in [0.4, 0.5) is 33.0 Å². The van der Waals surface area contributed by atoms with Gasteiger partial charge in [0.1, 0.15) is 29.9 Å². The molecule has 73 heavy (non-hydrogen) atoms. The average Bonchev–Trinajstić information content (AvgIpc) is 4.04. The van der Waals surface area contributed by atoms with E-state index in [0.717, 1.165) is 32.7 Å². The summed E-state index contributed by atoms with van der Waals surface area (Å²) in [6.45, 7) is 6.17. The van der Waals surface area contributed by atoms with Crippen molar-refractivity contribution in [2.75, 3.05) is 35.4 Å². The highest BCUT2D eigenvalue weighted by molar-refractivity contribution is 6.30. The molecule has 0 saturated carbocycles. The number of nitrogens with zero attached hydrogens (tertiary/aromatic N) is 10. The number of urea groups is 2. The molecule has 2 fully saturated rings. The van der Waals surface area contributed by atoms with Crippen LogP contribution in [0, 0.1) is 18.8 Å². The number of nitrogens with one attached hydrogen (secondary N) is 2. The minimum atomic E-state index is -1.27. The molecule has 2 aromatic carbocycles. The maximum absolute atomic E-state index is 14.5. The van der Waals surface area contributed by atoms with Gasteiger partial charge in [-0.15, -0.1) is 0 Å². The number of carbonyl (C=O) groups is 5. The summed E-state index contributed by atoms with van der Waals surface area (Å²) in [6.07, 6.45) is 8.63. The third-order valence-corrected chi connectivity index (χ3v) is 14.1. The lowest BCUT2D eigenvalue weighted by Crippen LogP contribution is -2.72. The number of halogens is 1. The normalized spacial score (nSPS) is 19.1. The molecule has 6 aromatic rings. The first-order chi connectivity index (χ1) is 35.0. The van der Waals surface area contributed by atoms with Crippen molar-refractivity contribution in [1.82, 2.24) is 49.7 Å². The fourth-order valence-electron chi connectivity index (χ4n) is 9.80. The Hall–Kier alpha value is -7.84. The predicted molar refractivity (Wildman–Crippen MR) is 276 cm³/mol. The van der Waals surface area contributed by atoms with Gasteiger partial charge < -0.3 is 31.8 Å². The lowest BCUT2D eigenvalue weighted by atomic mass is 9.80. The number of anilines is 4. The van der Waals surface area contributed by atoms with Gasteiger partial charge in [-0.1, -0.05) is 61.3 Å². The molecular weight excluding hydrogens is 952 g/mol. The molecule has 21 heteroatoms. The number of likely N-dealkylation sites (tertiary alicyclic amines) is 2. The number of nitrogen functional groups attached to an aromatic ring is 2. The molecule has 2 aliphatic rings. The molecule has 20 nitrogen and oxygen atoms in total. The van der Waals surface area contributed by atoms with Crippen LogP contribution in [0.2, 0.25) is 5.02 Å². The van der Waals surface area contributed by atoms with Gasteiger partial charge in [0, 0.05) is 75.7 Å². The highest BCUT2D eigenvalue weighted by atomic mass is 35.5. The second kappa shape index (κ2) is 21.9. The molecule has 2 saturated heterocycles. The summed E-state index contributed by atoms with van der Waals surface area (Å²) in [5.74, 6) is -1.72. The van der Waals surface area contributed by atoms with E-state index in [-0.39, 0.29) is 24.7 Å². The average molecular weight is 1010 g/mol. The highest BCUT2D eigenvalue weighted by Crippen LogP contribution is 2.38. The number of imidazole rings is 1. The number of imide groups is 1. The van der Waals surface area contributed by atoms with Gasteiger partial charge in [-0.3, -0.25) is 38.7 Å². The van der Waals surface area contributed by atoms with Crippen LogP contribution in [0.1, 0.15) is 72.2 Å². The van der Waals surface area contributed by atoms with Gasteiger partial charge in [0.25, 0.3) is 11.8 Å². The van der Waals surface area contributed by atoms with Crippen LogP contribution in [0.5, 0.6) is 0 Å². The molecule has 7 amide bonds. The first-order valence-corrected chi connectivity index (χ1v) is 24.6. The summed E-state index contributed by atoms with van der Waals surface area (Å²) in [7, 11) is 4.88. The molecule has 2 aliphatic heterocycles. The fourth-order valence-corrected chi connectivity index (χ4v) is 10.00. The van der Waals surface area contributed by atoms with Crippen molar-refractivity contribution in [1.29, 1.82) is 0 Å². The van der Waals surface area contributed by atoms with Crippen LogP contribution in [0.3, 0.4) is 0 Å². The maximum atomic E-state index is 14.5. The largest absolute Gasteiger partial charge is 0.384 e. The van der Waals surface area contributed by atoms with Gasteiger partial charge >= 0.3 is 12.1 Å². The molecule has 1 unspecified atom stereocenters. The van der Waals surface area contributed by atoms with E-state index in [4.69, 9.17) is 28.2 Å². The van der Waals surface area contributed by atoms with Crippen LogP contribution in [-0.2, 0) is 47.2 Å². The van der Waals surface area contributed by atoms with Gasteiger partial charge in [-0.05, 0) is 103 Å². The summed E-state index contributed by atoms with van der Waals surface area (Å²) in [5.41, 5.74) is 16.9. The smallest absolute Gasteiger partial charge is 0.325 e. The zero-order valence-corrected chi connectivity index (χ0v) is 42.3. The van der Waals surface area contributed by atoms with Crippen molar-refractivity contribution in [3.63, 3.8) is 0 Å². The minimum absolute atomic E-state index is 0.161. The van der Waals surface area contributed by atoms with Crippen molar-refractivity contribution >= 4 is 64.8 Å². The van der Waals surface area contributed by atoms with Crippen molar-refractivity contribution in [2.24, 2.45) is 18.9 Å². The zero-order chi connectivity index (χ0) is 52.2. The number of β-lactam (4-membered cyclic amide) rings is 1. The first-order valence-electron chi connectivity index (χ1n) is 24.2. The molecule has 7 atom stereocenters. The third-order valence-electron chi connectivity index (χ3n) is 13.9. The maximum Gasteiger partial charge on any atom is 0.325 e. The van der Waals surface area contributed by atoms with Gasteiger partial charge in [0.05, 0.1) is 18.0 Å². The molecule has 4 aromatic heterocycles. The monoisotopic (exact) mass is 1010 g/mol. The second-order valence-electron chi connectivity index (χ2n) is 18.7. The number of rotatable bonds is 17. The molecule has 382 valence electrons. The standard InChI is InChI=1S/C52H61ClN14O6/c1-7-39(33-11-9-30(3)10-12-33)59-51(72)66-44(37(46(66)68)25-31-15-19-56-41(54)27-31)48(70)63(5)43-18-23-65(61-43)22-17-34-29-35(53)13-14-36(34)40(8-2)60-52(73)67-45(49(71)64(6)50-58-21-24-62(50)4)38(47(67)69)26-32-16-20-57-42(55)28-32/h9-16,18-21,23-24,27-29,37-40,44-46,68H,7-8,17,22,25-26H2,1-6H3,(H2,54,56)(H2,55,57)(H,59,72)(H,60,73)/t37-,38-,39-,40-,44+,45+,46?/m1/s1. The number of amides is 7. The molecule has 7 N–H and O–H groups in total. The van der Waals surface area contributed by atoms with E-state index < -0.39 is 66.0 Å². The lowest BCUT2D eigenvalue weighted by Gasteiger charge is -2.52. The Morgan fingerprint density at radius 1 is 0.781 bits per heavy atom. The Morgan fingerprint density at radius 2 is 1.42 bits per heavy atom. The Balaban J connectivity index is 0.971. The molecule has 0 bridgehead atoms. The minimum Gasteiger partial charge on any atom is -0.384 e. The molecule has 8 rings (SSSR count).